The Bertz CT molecular complexity index is 562. The maximum Gasteiger partial charge on any atom is 0.326 e. The Morgan fingerprint density at radius 2 is 1.90 bits per heavy atom. The first-order valence-corrected chi connectivity index (χ1v) is 6.06. The van der Waals surface area contributed by atoms with Gasteiger partial charge in [-0.05, 0) is 20.3 Å². The molecule has 3 amide bonds. The number of anilines is 1. The number of nitrogens with one attached hydrogen (secondary N) is 2. The Kier molecular flexibility index (Phi) is 5.52. The molecule has 0 saturated carbocycles. The number of carbonyl (C=O) groups excluding carboxylic acids is 2. The highest BCUT2D eigenvalue weighted by Gasteiger charge is 2.21. The van der Waals surface area contributed by atoms with Gasteiger partial charge in [-0.25, -0.2) is 14.6 Å². The standard InChI is InChI=1S/C11H16N6O4/c1-5-6(2)16-17-10(13-5)15-11(21)14-7(9(19)20)3-4-8(12)18/h7H,3-4H2,1-2H3,(H2,12,18)(H,19,20)(H2,13,14,15,17,21)/t7-/m1/s1. The van der Waals surface area contributed by atoms with Crippen LogP contribution in [0.5, 0.6) is 0 Å². The number of carboxylic acid groups (broad SMARTS) is 1. The van der Waals surface area contributed by atoms with E-state index in [0.29, 0.717) is 11.4 Å². The molecule has 1 aromatic heterocycles. The fraction of sp³-hybridized carbons (Fsp3) is 0.455. The van der Waals surface area contributed by atoms with E-state index in [1.807, 2.05) is 0 Å². The minimum absolute atomic E-state index is 0.0466. The van der Waals surface area contributed by atoms with E-state index < -0.39 is 23.9 Å². The Hall–Kier alpha value is -2.78. The number of rotatable bonds is 6. The zero-order valence-corrected chi connectivity index (χ0v) is 11.6. The Labute approximate surface area is 120 Å². The van der Waals surface area contributed by atoms with Crippen LogP contribution < -0.4 is 16.4 Å². The van der Waals surface area contributed by atoms with Crippen molar-refractivity contribution in [3.63, 3.8) is 0 Å². The number of hydrogen-bond donors (Lipinski definition) is 4. The zero-order chi connectivity index (χ0) is 16.0. The number of carbonyl (C=O) groups is 3. The summed E-state index contributed by atoms with van der Waals surface area (Å²) in [6.07, 6.45) is -0.261. The third kappa shape index (κ3) is 5.38. The first-order valence-electron chi connectivity index (χ1n) is 6.06. The molecule has 0 bridgehead atoms. The number of nitrogens with two attached hydrogens (primary N) is 1. The zero-order valence-electron chi connectivity index (χ0n) is 11.6. The van der Waals surface area contributed by atoms with E-state index in [1.165, 1.54) is 0 Å². The molecule has 1 atom stereocenters. The summed E-state index contributed by atoms with van der Waals surface area (Å²) in [6, 6.07) is -2.05. The minimum atomic E-state index is -1.27. The van der Waals surface area contributed by atoms with Gasteiger partial charge in [-0.2, -0.15) is 5.10 Å². The molecular formula is C11H16N6O4. The molecule has 0 aromatic carbocycles. The summed E-state index contributed by atoms with van der Waals surface area (Å²) in [5, 5.41) is 20.8. The van der Waals surface area contributed by atoms with Crippen LogP contribution in [0.1, 0.15) is 24.2 Å². The van der Waals surface area contributed by atoms with Crippen LogP contribution >= 0.6 is 0 Å². The predicted octanol–water partition coefficient (Wildman–Crippen LogP) is -0.671. The van der Waals surface area contributed by atoms with Crippen molar-refractivity contribution in [3.8, 4) is 0 Å². The van der Waals surface area contributed by atoms with Crippen molar-refractivity contribution in [1.82, 2.24) is 20.5 Å². The van der Waals surface area contributed by atoms with Crippen molar-refractivity contribution in [2.75, 3.05) is 5.32 Å². The van der Waals surface area contributed by atoms with E-state index in [2.05, 4.69) is 25.8 Å². The van der Waals surface area contributed by atoms with E-state index in [9.17, 15) is 14.4 Å². The second-order valence-corrected chi connectivity index (χ2v) is 4.30. The molecule has 10 heteroatoms. The van der Waals surface area contributed by atoms with E-state index in [-0.39, 0.29) is 18.8 Å². The Balaban J connectivity index is 2.62. The average molecular weight is 296 g/mol. The summed E-state index contributed by atoms with van der Waals surface area (Å²) in [4.78, 5) is 37.2. The van der Waals surface area contributed by atoms with Crippen molar-refractivity contribution < 1.29 is 19.5 Å². The van der Waals surface area contributed by atoms with Gasteiger partial charge < -0.3 is 16.2 Å². The molecule has 0 saturated heterocycles. The lowest BCUT2D eigenvalue weighted by Gasteiger charge is -2.13. The minimum Gasteiger partial charge on any atom is -0.480 e. The molecule has 0 aliphatic carbocycles. The van der Waals surface area contributed by atoms with Crippen LogP contribution in [0.2, 0.25) is 0 Å². The molecule has 5 N–H and O–H groups in total. The maximum absolute atomic E-state index is 11.7. The maximum atomic E-state index is 11.7. The molecule has 0 spiro atoms. The molecule has 1 rings (SSSR count). The topological polar surface area (TPSA) is 160 Å². The quantitative estimate of drug-likeness (QED) is 0.541. The van der Waals surface area contributed by atoms with Gasteiger partial charge in [-0.15, -0.1) is 5.10 Å². The summed E-state index contributed by atoms with van der Waals surface area (Å²) in [5.74, 6) is -1.97. The van der Waals surface area contributed by atoms with Gasteiger partial charge in [-0.3, -0.25) is 10.1 Å². The smallest absolute Gasteiger partial charge is 0.326 e. The van der Waals surface area contributed by atoms with Gasteiger partial charge in [0, 0.05) is 6.42 Å². The van der Waals surface area contributed by atoms with Crippen LogP contribution in [0.4, 0.5) is 10.7 Å². The average Bonchev–Trinajstić information content (AvgIpc) is 2.38. The Morgan fingerprint density at radius 3 is 2.43 bits per heavy atom. The molecule has 10 nitrogen and oxygen atoms in total. The number of hydrogen-bond acceptors (Lipinski definition) is 6. The number of carboxylic acids is 1. The van der Waals surface area contributed by atoms with Crippen molar-refractivity contribution in [3.05, 3.63) is 11.4 Å². The summed E-state index contributed by atoms with van der Waals surface area (Å²) in [7, 11) is 0. The van der Waals surface area contributed by atoms with Gasteiger partial charge >= 0.3 is 12.0 Å². The van der Waals surface area contributed by atoms with Gasteiger partial charge in [0.05, 0.1) is 11.4 Å². The number of primary amides is 1. The van der Waals surface area contributed by atoms with Crippen LogP contribution in [-0.2, 0) is 9.59 Å². The van der Waals surface area contributed by atoms with Crippen LogP contribution in [0.15, 0.2) is 0 Å². The number of nitrogens with zero attached hydrogens (tertiary/aromatic N) is 3. The molecule has 0 aliphatic rings. The van der Waals surface area contributed by atoms with Gasteiger partial charge in [0.1, 0.15) is 6.04 Å². The van der Waals surface area contributed by atoms with Crippen molar-refractivity contribution >= 4 is 23.9 Å². The lowest BCUT2D eigenvalue weighted by molar-refractivity contribution is -0.139. The highest BCUT2D eigenvalue weighted by Crippen LogP contribution is 2.03. The number of amides is 3. The molecular weight excluding hydrogens is 280 g/mol. The lowest BCUT2D eigenvalue weighted by Crippen LogP contribution is -2.43. The molecule has 1 aromatic rings. The van der Waals surface area contributed by atoms with E-state index >= 15 is 0 Å². The summed E-state index contributed by atoms with van der Waals surface area (Å²) in [6.45, 7) is 3.41. The number of aryl methyl sites for hydroxylation is 2. The van der Waals surface area contributed by atoms with Crippen molar-refractivity contribution in [2.24, 2.45) is 5.73 Å². The van der Waals surface area contributed by atoms with E-state index in [1.54, 1.807) is 13.8 Å². The van der Waals surface area contributed by atoms with Gasteiger partial charge in [0.25, 0.3) is 5.95 Å². The molecule has 114 valence electrons. The highest BCUT2D eigenvalue weighted by molar-refractivity contribution is 5.91. The Morgan fingerprint density at radius 1 is 1.24 bits per heavy atom. The molecule has 0 radical (unpaired) electrons. The lowest BCUT2D eigenvalue weighted by atomic mass is 10.1. The third-order valence-corrected chi connectivity index (χ3v) is 2.60. The monoisotopic (exact) mass is 296 g/mol. The number of urea groups is 1. The van der Waals surface area contributed by atoms with E-state index in [0.717, 1.165) is 0 Å². The van der Waals surface area contributed by atoms with Crippen LogP contribution in [0.25, 0.3) is 0 Å². The van der Waals surface area contributed by atoms with Gasteiger partial charge in [-0.1, -0.05) is 0 Å². The van der Waals surface area contributed by atoms with Crippen molar-refractivity contribution in [2.45, 2.75) is 32.7 Å². The van der Waals surface area contributed by atoms with Crippen LogP contribution in [-0.4, -0.2) is 44.2 Å². The van der Waals surface area contributed by atoms with E-state index in [4.69, 9.17) is 10.8 Å². The number of aliphatic carboxylic acids is 1. The second-order valence-electron chi connectivity index (χ2n) is 4.30. The summed E-state index contributed by atoms with van der Waals surface area (Å²) < 4.78 is 0. The summed E-state index contributed by atoms with van der Waals surface area (Å²) >= 11 is 0. The first kappa shape index (κ1) is 16.3. The molecule has 21 heavy (non-hydrogen) atoms. The normalized spacial score (nSPS) is 11.5. The highest BCUT2D eigenvalue weighted by atomic mass is 16.4. The fourth-order valence-corrected chi connectivity index (χ4v) is 1.35. The molecule has 0 aliphatic heterocycles. The first-order chi connectivity index (χ1) is 9.79. The summed E-state index contributed by atoms with van der Waals surface area (Å²) in [5.41, 5.74) is 6.14. The number of aromatic nitrogens is 3. The third-order valence-electron chi connectivity index (χ3n) is 2.60. The van der Waals surface area contributed by atoms with Crippen LogP contribution in [0.3, 0.4) is 0 Å². The molecule has 0 unspecified atom stereocenters. The molecule has 0 fully saturated rings. The van der Waals surface area contributed by atoms with Gasteiger partial charge in [0.15, 0.2) is 0 Å². The van der Waals surface area contributed by atoms with Gasteiger partial charge in [0.2, 0.25) is 5.91 Å². The fourth-order valence-electron chi connectivity index (χ4n) is 1.35. The largest absolute Gasteiger partial charge is 0.480 e. The van der Waals surface area contributed by atoms with Crippen LogP contribution in [0, 0.1) is 13.8 Å². The predicted molar refractivity (Wildman–Crippen MR) is 71.3 cm³/mol. The van der Waals surface area contributed by atoms with Crippen molar-refractivity contribution in [1.29, 1.82) is 0 Å². The second kappa shape index (κ2) is 7.12. The molecule has 1 heterocycles. The SMILES string of the molecule is Cc1nnc(NC(=O)N[C@H](CCC(N)=O)C(=O)O)nc1C.